The molecule has 3 saturated carbocycles. The topological polar surface area (TPSA) is 195 Å². The number of rotatable bonds is 12. The van der Waals surface area contributed by atoms with E-state index in [2.05, 4.69) is 49.6 Å². The van der Waals surface area contributed by atoms with Gasteiger partial charge in [0.05, 0.1) is 37.0 Å². The van der Waals surface area contributed by atoms with Crippen LogP contribution in [0.15, 0.2) is 54.1 Å². The number of ether oxygens (including phenoxy) is 5. The summed E-state index contributed by atoms with van der Waals surface area (Å²) in [5.41, 5.74) is 3.45. The molecule has 0 aromatic heterocycles. The minimum Gasteiger partial charge on any atom is -0.460 e. The third kappa shape index (κ3) is 8.61. The predicted molar refractivity (Wildman–Crippen MR) is 247 cm³/mol. The smallest absolute Gasteiger partial charge is 0.327 e. The monoisotopic (exact) mass is 939 g/mol. The number of nitrogens with zero attached hydrogens (tertiary/aromatic N) is 1. The highest BCUT2D eigenvalue weighted by molar-refractivity contribution is 5.96. The van der Waals surface area contributed by atoms with Crippen molar-refractivity contribution in [2.45, 2.75) is 191 Å². The average molecular weight is 940 g/mol. The Morgan fingerprint density at radius 3 is 2.40 bits per heavy atom. The maximum absolute atomic E-state index is 15.3. The van der Waals surface area contributed by atoms with Crippen LogP contribution in [0.25, 0.3) is 6.08 Å². The van der Waals surface area contributed by atoms with Gasteiger partial charge in [0.1, 0.15) is 41.5 Å². The number of epoxide rings is 1. The summed E-state index contributed by atoms with van der Waals surface area (Å²) in [5, 5.41) is 28.3. The molecule has 4 aliphatic carbocycles. The van der Waals surface area contributed by atoms with Crippen molar-refractivity contribution in [1.29, 1.82) is 0 Å². The minimum atomic E-state index is -1.63. The normalized spacial score (nSPS) is 35.7. The highest BCUT2D eigenvalue weighted by Gasteiger charge is 2.76. The molecular formula is C53H69N3O12. The zero-order valence-electron chi connectivity index (χ0n) is 40.5. The Labute approximate surface area is 398 Å². The summed E-state index contributed by atoms with van der Waals surface area (Å²) in [6.45, 7) is 13.3. The Hall–Kier alpha value is -4.22. The van der Waals surface area contributed by atoms with Crippen LogP contribution in [-0.2, 0) is 67.1 Å². The van der Waals surface area contributed by atoms with Gasteiger partial charge in [-0.05, 0) is 113 Å². The van der Waals surface area contributed by atoms with E-state index in [1.165, 1.54) is 12.5 Å². The first kappa shape index (κ1) is 47.5. The molecule has 2 amide bonds. The number of aliphatic hydroxyl groups excluding tert-OH is 2. The van der Waals surface area contributed by atoms with Crippen LogP contribution in [0, 0.1) is 22.7 Å². The molecule has 15 nitrogen and oxygen atoms in total. The quantitative estimate of drug-likeness (QED) is 0.164. The van der Waals surface area contributed by atoms with E-state index in [9.17, 15) is 24.6 Å². The number of carbonyl (C=O) groups excluding carboxylic acids is 4. The van der Waals surface area contributed by atoms with Crippen LogP contribution in [0.1, 0.15) is 122 Å². The molecule has 68 heavy (non-hydrogen) atoms. The van der Waals surface area contributed by atoms with Gasteiger partial charge in [-0.15, -0.1) is 0 Å². The number of amides is 2. The molecule has 0 radical (unpaired) electrons. The molecular weight excluding hydrogens is 871 g/mol. The molecule has 7 fully saturated rings. The number of hydroxylamine groups is 2. The molecule has 4 N–H and O–H groups in total. The van der Waals surface area contributed by atoms with Crippen LogP contribution in [0.4, 0.5) is 0 Å². The number of carbonyl (C=O) groups is 4. The lowest BCUT2D eigenvalue weighted by atomic mass is 9.52. The van der Waals surface area contributed by atoms with Gasteiger partial charge in [-0.3, -0.25) is 24.0 Å². The number of hydrogen-bond acceptors (Lipinski definition) is 13. The minimum absolute atomic E-state index is 0.0114. The van der Waals surface area contributed by atoms with E-state index in [0.717, 1.165) is 54.4 Å². The Bertz CT molecular complexity index is 2340. The van der Waals surface area contributed by atoms with E-state index in [0.29, 0.717) is 30.8 Å². The van der Waals surface area contributed by atoms with Crippen molar-refractivity contribution in [3.8, 4) is 0 Å². The van der Waals surface area contributed by atoms with Gasteiger partial charge in [-0.2, -0.15) is 5.06 Å². The van der Waals surface area contributed by atoms with Crippen LogP contribution >= 0.6 is 0 Å². The molecule has 10 rings (SSSR count). The second-order valence-corrected chi connectivity index (χ2v) is 23.0. The summed E-state index contributed by atoms with van der Waals surface area (Å²) in [7, 11) is 0. The highest BCUT2D eigenvalue weighted by atomic mass is 16.8. The van der Waals surface area contributed by atoms with Crippen molar-refractivity contribution < 1.29 is 57.9 Å². The summed E-state index contributed by atoms with van der Waals surface area (Å²) >= 11 is 0. The van der Waals surface area contributed by atoms with E-state index in [-0.39, 0.29) is 36.8 Å². The largest absolute Gasteiger partial charge is 0.460 e. The summed E-state index contributed by atoms with van der Waals surface area (Å²) in [6.07, 6.45) is 4.03. The van der Waals surface area contributed by atoms with Crippen LogP contribution < -0.4 is 10.6 Å². The van der Waals surface area contributed by atoms with Gasteiger partial charge in [0.15, 0.2) is 11.8 Å². The van der Waals surface area contributed by atoms with Gasteiger partial charge in [0.25, 0.3) is 0 Å². The summed E-state index contributed by atoms with van der Waals surface area (Å²) in [6, 6.07) is 12.6. The van der Waals surface area contributed by atoms with E-state index in [1.807, 2.05) is 36.4 Å². The Kier molecular flexibility index (Phi) is 12.1. The van der Waals surface area contributed by atoms with Crippen molar-refractivity contribution in [2.75, 3.05) is 6.61 Å². The number of hydrogen-bond donors (Lipinski definition) is 4. The number of fused-ring (bicyclic) bond motifs is 7. The molecule has 13 atom stereocenters. The van der Waals surface area contributed by atoms with Gasteiger partial charge >= 0.3 is 11.9 Å². The third-order valence-corrected chi connectivity index (χ3v) is 16.5. The number of benzene rings is 2. The Balaban J connectivity index is 0.931. The van der Waals surface area contributed by atoms with Gasteiger partial charge in [-0.1, -0.05) is 74.0 Å². The standard InChI is InChI=1S/C53H69N3O12/c1-29(58)41(46(60)54-35(28-57)16-18-40(59)65-49(2,3)4)55-48(62)53-26-38-42-43(67-52(66-42)23-33-13-8-9-14-34(33)24-52)45(53)68-56(44(53)47(61)63-38)27-31-12-10-11-30(21-31)22-32-15-17-39-51(7,64-39)20-19-37-36(32)25-50(37,5)6/h8-14,21-22,29,35-39,41-45,57-58H,15-20,23-28H2,1-7H3,(H,54,60)(H,55,62)/t29-,35-,36+,37+,38+,39?,41+,42-,43-,44-,45+,51+,53-/m0/s1. The fraction of sp³-hybridized carbons (Fsp3) is 0.660. The molecule has 4 heterocycles. The second kappa shape index (κ2) is 17.3. The fourth-order valence-corrected chi connectivity index (χ4v) is 13.0. The Morgan fingerprint density at radius 2 is 1.71 bits per heavy atom. The van der Waals surface area contributed by atoms with Gasteiger partial charge in [0, 0.05) is 25.7 Å². The number of aliphatic hydroxyl groups is 2. The van der Waals surface area contributed by atoms with E-state index < -0.39 is 95.8 Å². The maximum atomic E-state index is 15.3. The van der Waals surface area contributed by atoms with Crippen molar-refractivity contribution >= 4 is 29.8 Å². The number of esters is 2. The van der Waals surface area contributed by atoms with Crippen LogP contribution in [-0.4, -0.2) is 117 Å². The summed E-state index contributed by atoms with van der Waals surface area (Å²) in [5.74, 6) is -2.57. The molecule has 2 aromatic carbocycles. The first-order chi connectivity index (χ1) is 32.2. The van der Waals surface area contributed by atoms with Crippen LogP contribution in [0.3, 0.4) is 0 Å². The molecule has 368 valence electrons. The van der Waals surface area contributed by atoms with Crippen LogP contribution in [0.5, 0.6) is 0 Å². The maximum Gasteiger partial charge on any atom is 0.327 e. The summed E-state index contributed by atoms with van der Waals surface area (Å²) < 4.78 is 31.6. The zero-order chi connectivity index (χ0) is 48.1. The lowest BCUT2D eigenvalue weighted by Crippen LogP contribution is -2.71. The highest BCUT2D eigenvalue weighted by Crippen LogP contribution is 2.61. The molecule has 15 heteroatoms. The van der Waals surface area contributed by atoms with Crippen molar-refractivity contribution in [2.24, 2.45) is 22.7 Å². The van der Waals surface area contributed by atoms with Crippen molar-refractivity contribution in [3.63, 3.8) is 0 Å². The van der Waals surface area contributed by atoms with Crippen LogP contribution in [0.2, 0.25) is 0 Å². The van der Waals surface area contributed by atoms with E-state index >= 15 is 4.79 Å². The van der Waals surface area contributed by atoms with Crippen molar-refractivity contribution in [3.05, 3.63) is 76.4 Å². The molecule has 4 aliphatic heterocycles. The molecule has 2 bridgehead atoms. The SMILES string of the molecule is C[C@H](O)[C@@H](NC(=O)[C@@]12C[C@H]3OC(=O)[C@@H]1N(Cc1cccc(C=C4CCC5O[C@]5(C)CC[C@@H]5[C@@H]4CC5(C)C)c1)O[C@@H]2[C@H]1OC2(Cc4ccccc4C2)O[C@H]13)C(=O)N[C@H](CO)CCC(=O)OC(C)(C)C. The fourth-order valence-electron chi connectivity index (χ4n) is 13.0. The third-order valence-electron chi connectivity index (χ3n) is 16.5. The van der Waals surface area contributed by atoms with Crippen molar-refractivity contribution in [1.82, 2.24) is 15.7 Å². The number of nitrogens with one attached hydrogen (secondary N) is 2. The first-order valence-corrected chi connectivity index (χ1v) is 24.9. The Morgan fingerprint density at radius 1 is 0.971 bits per heavy atom. The second-order valence-electron chi connectivity index (χ2n) is 23.0. The molecule has 1 unspecified atom stereocenters. The number of allylic oxidation sites excluding steroid dienone is 1. The van der Waals surface area contributed by atoms with Gasteiger partial charge < -0.3 is 44.5 Å². The average Bonchev–Trinajstić information content (AvgIpc) is 3.54. The lowest BCUT2D eigenvalue weighted by molar-refractivity contribution is -0.217. The molecule has 1 spiro atoms. The zero-order valence-corrected chi connectivity index (χ0v) is 40.5. The molecule has 4 saturated heterocycles. The molecule has 2 aromatic rings. The van der Waals surface area contributed by atoms with Gasteiger partial charge in [0.2, 0.25) is 11.8 Å². The van der Waals surface area contributed by atoms with E-state index in [1.54, 1.807) is 25.8 Å². The molecule has 8 aliphatic rings. The van der Waals surface area contributed by atoms with E-state index in [4.69, 9.17) is 28.5 Å². The predicted octanol–water partition coefficient (Wildman–Crippen LogP) is 5.01. The lowest BCUT2D eigenvalue weighted by Gasteiger charge is -2.53. The first-order valence-electron chi connectivity index (χ1n) is 24.9. The van der Waals surface area contributed by atoms with Gasteiger partial charge in [-0.25, -0.2) is 0 Å². The summed E-state index contributed by atoms with van der Waals surface area (Å²) in [4.78, 5) is 63.2.